The largest absolute Gasteiger partial charge is 0.493 e. The Morgan fingerprint density at radius 2 is 0.837 bits per heavy atom. The first-order valence-corrected chi connectivity index (χ1v) is 17.8. The number of ether oxygens (including phenoxy) is 2. The van der Waals surface area contributed by atoms with E-state index in [1.807, 2.05) is 0 Å². The van der Waals surface area contributed by atoms with Gasteiger partial charge in [-0.25, -0.2) is 0 Å². The molecular formula is C29H48N8O2S4+4. The van der Waals surface area contributed by atoms with Gasteiger partial charge in [-0.3, -0.25) is 44.6 Å². The third-order valence-corrected chi connectivity index (χ3v) is 9.56. The van der Waals surface area contributed by atoms with E-state index < -0.39 is 5.41 Å². The second-order valence-electron chi connectivity index (χ2n) is 10.3. The zero-order chi connectivity index (χ0) is 32.2. The predicted octanol–water partition coefficient (Wildman–Crippen LogP) is -1.18. The molecule has 0 bridgehead atoms. The van der Waals surface area contributed by atoms with Crippen LogP contribution in [0, 0.1) is 0 Å². The van der Waals surface area contributed by atoms with Crippen LogP contribution in [0.1, 0.15) is 73.9 Å². The molecule has 0 unspecified atom stereocenters. The zero-order valence-electron chi connectivity index (χ0n) is 25.5. The van der Waals surface area contributed by atoms with Crippen LogP contribution in [0.2, 0.25) is 0 Å². The maximum Gasteiger partial charge on any atom is 0.300 e. The number of hydrogen-bond acceptors (Lipinski definition) is 6. The van der Waals surface area contributed by atoms with Crippen molar-refractivity contribution in [2.24, 2.45) is 22.9 Å². The van der Waals surface area contributed by atoms with Crippen molar-refractivity contribution in [3.8, 4) is 11.5 Å². The Labute approximate surface area is 272 Å². The average molecular weight is 669 g/mol. The molecule has 0 heterocycles. The molecule has 0 aromatic heterocycles. The van der Waals surface area contributed by atoms with Crippen molar-refractivity contribution >= 4 is 67.7 Å². The molecule has 0 aliphatic rings. The van der Waals surface area contributed by atoms with Gasteiger partial charge in [0.1, 0.15) is 11.5 Å². The van der Waals surface area contributed by atoms with Gasteiger partial charge in [-0.2, -0.15) is 0 Å². The predicted molar refractivity (Wildman–Crippen MR) is 186 cm³/mol. The summed E-state index contributed by atoms with van der Waals surface area (Å²) in [5.41, 5.74) is 29.1. The van der Waals surface area contributed by atoms with E-state index in [0.29, 0.717) is 56.9 Å². The van der Waals surface area contributed by atoms with Crippen molar-refractivity contribution in [1.82, 2.24) is 0 Å². The van der Waals surface area contributed by atoms with Gasteiger partial charge in [0, 0.05) is 50.7 Å². The lowest BCUT2D eigenvalue weighted by Gasteiger charge is -2.30. The SMILES string of the molecule is CCCOc1c(CSC(N)=[NH2+])cc(C(C)(C)c2cc(CSC(N)=[NH2+])c(OCCC)c(CSC(N)=[NH2+])c2)cc1CSC(N)=[NH2+]. The minimum absolute atomic E-state index is 0.292. The number of amidine groups is 4. The lowest BCUT2D eigenvalue weighted by molar-refractivity contribution is -0.110. The van der Waals surface area contributed by atoms with E-state index in [2.05, 4.69) is 52.0 Å². The monoisotopic (exact) mass is 668 g/mol. The molecule has 43 heavy (non-hydrogen) atoms. The number of hydrogen-bond donors (Lipinski definition) is 8. The van der Waals surface area contributed by atoms with E-state index in [-0.39, 0.29) is 0 Å². The van der Waals surface area contributed by atoms with Gasteiger partial charge in [0.25, 0.3) is 20.7 Å². The van der Waals surface area contributed by atoms with Gasteiger partial charge in [-0.05, 0) is 71.0 Å². The van der Waals surface area contributed by atoms with Crippen LogP contribution in [-0.4, -0.2) is 33.9 Å². The van der Waals surface area contributed by atoms with E-state index in [9.17, 15) is 0 Å². The Morgan fingerprint density at radius 1 is 0.581 bits per heavy atom. The molecule has 0 spiro atoms. The number of rotatable bonds is 16. The van der Waals surface area contributed by atoms with Crippen molar-refractivity contribution in [2.45, 2.75) is 69.0 Å². The highest BCUT2D eigenvalue weighted by Crippen LogP contribution is 2.42. The zero-order valence-corrected chi connectivity index (χ0v) is 28.8. The highest BCUT2D eigenvalue weighted by Gasteiger charge is 2.29. The summed E-state index contributed by atoms with van der Waals surface area (Å²) >= 11 is 5.48. The van der Waals surface area contributed by atoms with E-state index in [0.717, 1.165) is 57.7 Å². The summed E-state index contributed by atoms with van der Waals surface area (Å²) in [5.74, 6) is 3.82. The van der Waals surface area contributed by atoms with Crippen LogP contribution in [0.3, 0.4) is 0 Å². The van der Waals surface area contributed by atoms with Crippen LogP contribution in [-0.2, 0) is 28.4 Å². The van der Waals surface area contributed by atoms with Crippen molar-refractivity contribution in [3.05, 3.63) is 57.6 Å². The topological polar surface area (TPSA) is 225 Å². The molecule has 2 aromatic carbocycles. The van der Waals surface area contributed by atoms with Crippen LogP contribution in [0.5, 0.6) is 11.5 Å². The first kappa shape index (κ1) is 36.5. The second-order valence-corrected chi connectivity index (χ2v) is 14.5. The molecule has 14 heteroatoms. The molecule has 0 aliphatic carbocycles. The van der Waals surface area contributed by atoms with Gasteiger partial charge in [0.2, 0.25) is 0 Å². The maximum absolute atomic E-state index is 6.27. The number of benzene rings is 2. The van der Waals surface area contributed by atoms with Crippen LogP contribution in [0.25, 0.3) is 0 Å². The van der Waals surface area contributed by atoms with Crippen molar-refractivity contribution < 1.29 is 31.1 Å². The summed E-state index contributed by atoms with van der Waals surface area (Å²) in [6.45, 7) is 9.68. The van der Waals surface area contributed by atoms with Crippen molar-refractivity contribution in [3.63, 3.8) is 0 Å². The Hall–Kier alpha value is -2.68. The summed E-state index contributed by atoms with van der Waals surface area (Å²) in [4.78, 5) is 0. The second kappa shape index (κ2) is 17.6. The summed E-state index contributed by atoms with van der Waals surface area (Å²) < 4.78 is 12.5. The van der Waals surface area contributed by atoms with Gasteiger partial charge < -0.3 is 9.47 Å². The van der Waals surface area contributed by atoms with Gasteiger partial charge in [0.05, 0.1) is 13.2 Å². The smallest absolute Gasteiger partial charge is 0.300 e. The summed E-state index contributed by atoms with van der Waals surface area (Å²) in [5, 5.41) is 24.5. The first-order chi connectivity index (χ1) is 20.3. The van der Waals surface area contributed by atoms with Crippen LogP contribution in [0.15, 0.2) is 24.3 Å². The molecule has 236 valence electrons. The van der Waals surface area contributed by atoms with Gasteiger partial charge in [-0.15, -0.1) is 0 Å². The van der Waals surface area contributed by atoms with E-state index in [1.54, 1.807) is 0 Å². The molecule has 10 nitrogen and oxygen atoms in total. The summed E-state index contributed by atoms with van der Waals surface area (Å²) in [6, 6.07) is 8.69. The lowest BCUT2D eigenvalue weighted by atomic mass is 9.76. The van der Waals surface area contributed by atoms with Crippen molar-refractivity contribution in [1.29, 1.82) is 0 Å². The van der Waals surface area contributed by atoms with Crippen LogP contribution in [0.4, 0.5) is 0 Å². The van der Waals surface area contributed by atoms with E-state index >= 15 is 0 Å². The van der Waals surface area contributed by atoms with Gasteiger partial charge in [0.15, 0.2) is 0 Å². The fourth-order valence-electron chi connectivity index (χ4n) is 4.25. The molecule has 16 N–H and O–H groups in total. The third kappa shape index (κ3) is 11.4. The Bertz CT molecular complexity index is 1140. The fourth-order valence-corrected chi connectivity index (χ4v) is 6.40. The van der Waals surface area contributed by atoms with Gasteiger partial charge in [-0.1, -0.05) is 52.0 Å². The number of thioether (sulfide) groups is 4. The standard InChI is InChI=1S/C29H44N8O2S4/c1-5-7-38-23-17(13-40-25(30)31)9-21(10-18(23)14-41-26(32)33)29(3,4)22-11-19(15-42-27(34)35)24(39-8-6-2)20(12-22)16-43-28(36)37/h9-12H,5-8,13-16H2,1-4H3,(H3,30,31)(H3,32,33)(H3,34,35)(H3,36,37)/p+4. The number of nitrogens with two attached hydrogens (primary N) is 8. The summed E-state index contributed by atoms with van der Waals surface area (Å²) in [6.07, 6.45) is 1.73. The first-order valence-electron chi connectivity index (χ1n) is 13.9. The Balaban J connectivity index is 2.80. The van der Waals surface area contributed by atoms with E-state index in [4.69, 9.17) is 54.0 Å². The normalized spacial score (nSPS) is 11.3. The molecule has 0 aliphatic heterocycles. The maximum atomic E-state index is 6.27. The van der Waals surface area contributed by atoms with Crippen molar-refractivity contribution in [2.75, 3.05) is 13.2 Å². The summed E-state index contributed by atoms with van der Waals surface area (Å²) in [7, 11) is 0. The van der Waals surface area contributed by atoms with Crippen LogP contribution < -0.4 is 54.0 Å². The molecule has 0 atom stereocenters. The van der Waals surface area contributed by atoms with E-state index in [1.165, 1.54) is 47.0 Å². The molecule has 2 rings (SSSR count). The minimum atomic E-state index is -0.448. The highest BCUT2D eigenvalue weighted by molar-refractivity contribution is 8.13. The molecule has 0 saturated heterocycles. The Kier molecular flexibility index (Phi) is 14.9. The molecule has 0 fully saturated rings. The highest BCUT2D eigenvalue weighted by atomic mass is 32.2. The lowest BCUT2D eigenvalue weighted by Crippen LogP contribution is -2.43. The average Bonchev–Trinajstić information content (AvgIpc) is 2.94. The third-order valence-electron chi connectivity index (χ3n) is 6.41. The molecule has 0 amide bonds. The molecule has 0 saturated carbocycles. The van der Waals surface area contributed by atoms with Gasteiger partial charge >= 0.3 is 0 Å². The van der Waals surface area contributed by atoms with Crippen LogP contribution >= 0.6 is 47.0 Å². The Morgan fingerprint density at radius 3 is 1.05 bits per heavy atom. The molecule has 2 aromatic rings. The molecular weight excluding hydrogens is 621 g/mol. The minimum Gasteiger partial charge on any atom is -0.493 e. The quantitative estimate of drug-likeness (QED) is 0.0789. The fraction of sp³-hybridized carbons (Fsp3) is 0.448. The molecule has 0 radical (unpaired) electrons.